The van der Waals surface area contributed by atoms with E-state index in [4.69, 9.17) is 4.42 Å². The third kappa shape index (κ3) is 2.38. The number of nitrogens with zero attached hydrogens (tertiary/aromatic N) is 5. The lowest BCUT2D eigenvalue weighted by molar-refractivity contribution is 0.0727. The van der Waals surface area contributed by atoms with E-state index in [2.05, 4.69) is 15.1 Å². The van der Waals surface area contributed by atoms with E-state index in [1.54, 1.807) is 27.7 Å². The fourth-order valence-electron chi connectivity index (χ4n) is 2.76. The van der Waals surface area contributed by atoms with Gasteiger partial charge in [-0.3, -0.25) is 4.79 Å². The molecule has 1 aliphatic heterocycles. The van der Waals surface area contributed by atoms with E-state index in [1.807, 2.05) is 13.8 Å². The van der Waals surface area contributed by atoms with E-state index < -0.39 is 0 Å². The zero-order valence-electron chi connectivity index (χ0n) is 13.1. The Morgan fingerprint density at radius 3 is 3.04 bits per heavy atom. The lowest BCUT2D eigenvalue weighted by Gasteiger charge is -2.25. The van der Waals surface area contributed by atoms with Crippen LogP contribution in [-0.2, 0) is 13.0 Å². The van der Waals surface area contributed by atoms with Crippen LogP contribution in [0.25, 0.3) is 5.65 Å². The Bertz CT molecular complexity index is 880. The van der Waals surface area contributed by atoms with E-state index in [0.717, 1.165) is 23.0 Å². The van der Waals surface area contributed by atoms with Crippen molar-refractivity contribution in [2.24, 2.45) is 0 Å². The maximum absolute atomic E-state index is 12.7. The van der Waals surface area contributed by atoms with Crippen molar-refractivity contribution >= 4 is 11.6 Å². The third-order valence-electron chi connectivity index (χ3n) is 4.05. The van der Waals surface area contributed by atoms with Crippen molar-refractivity contribution in [2.75, 3.05) is 6.54 Å². The van der Waals surface area contributed by atoms with E-state index in [9.17, 15) is 4.79 Å². The monoisotopic (exact) mass is 311 g/mol. The second kappa shape index (κ2) is 5.19. The van der Waals surface area contributed by atoms with Crippen molar-refractivity contribution in [1.29, 1.82) is 0 Å². The number of hydrogen-bond acceptors (Lipinski definition) is 5. The molecule has 0 saturated heterocycles. The van der Waals surface area contributed by atoms with Gasteiger partial charge >= 0.3 is 0 Å². The molecule has 118 valence electrons. The summed E-state index contributed by atoms with van der Waals surface area (Å²) in [6.07, 6.45) is 3.88. The Morgan fingerprint density at radius 1 is 1.35 bits per heavy atom. The number of hydrogen-bond donors (Lipinski definition) is 0. The van der Waals surface area contributed by atoms with E-state index in [1.165, 1.54) is 6.33 Å². The van der Waals surface area contributed by atoms with Crippen LogP contribution in [-0.4, -0.2) is 36.9 Å². The van der Waals surface area contributed by atoms with Gasteiger partial charge < -0.3 is 9.32 Å². The Labute approximate surface area is 132 Å². The molecule has 0 aliphatic carbocycles. The summed E-state index contributed by atoms with van der Waals surface area (Å²) in [5, 5.41) is 4.07. The number of rotatable bonds is 2. The molecule has 3 aromatic heterocycles. The summed E-state index contributed by atoms with van der Waals surface area (Å²) in [4.78, 5) is 23.1. The Balaban J connectivity index is 1.59. The fraction of sp³-hybridized carbons (Fsp3) is 0.375. The number of carbonyl (C=O) groups excluding carboxylic acids is 1. The standard InChI is InChI=1S/C16H17N5O2/c1-10(2)15-19-12-8-20(6-5-13(12)23-15)16(22)11-3-4-14-17-9-18-21(14)7-11/h3-4,7,9-10H,5-6,8H2,1-2H3. The number of fused-ring (bicyclic) bond motifs is 2. The average Bonchev–Trinajstić information content (AvgIpc) is 3.19. The van der Waals surface area contributed by atoms with Gasteiger partial charge in [-0.1, -0.05) is 13.8 Å². The van der Waals surface area contributed by atoms with Gasteiger partial charge in [0.05, 0.1) is 12.1 Å². The van der Waals surface area contributed by atoms with E-state index in [0.29, 0.717) is 25.1 Å². The average molecular weight is 311 g/mol. The van der Waals surface area contributed by atoms with Gasteiger partial charge in [0.15, 0.2) is 11.5 Å². The third-order valence-corrected chi connectivity index (χ3v) is 4.05. The van der Waals surface area contributed by atoms with Gasteiger partial charge in [0.1, 0.15) is 17.8 Å². The van der Waals surface area contributed by atoms with Crippen LogP contribution < -0.4 is 0 Å². The number of carbonyl (C=O) groups is 1. The van der Waals surface area contributed by atoms with Crippen molar-refractivity contribution in [2.45, 2.75) is 32.7 Å². The summed E-state index contributed by atoms with van der Waals surface area (Å²) < 4.78 is 7.38. The molecule has 0 radical (unpaired) electrons. The highest BCUT2D eigenvalue weighted by Gasteiger charge is 2.27. The van der Waals surface area contributed by atoms with Crippen molar-refractivity contribution in [3.63, 3.8) is 0 Å². The molecule has 0 bridgehead atoms. The number of aromatic nitrogens is 4. The molecule has 1 amide bonds. The first-order valence-corrected chi connectivity index (χ1v) is 7.69. The van der Waals surface area contributed by atoms with Crippen molar-refractivity contribution in [3.8, 4) is 0 Å². The molecule has 0 aromatic carbocycles. The predicted molar refractivity (Wildman–Crippen MR) is 82.0 cm³/mol. The summed E-state index contributed by atoms with van der Waals surface area (Å²) in [7, 11) is 0. The van der Waals surface area contributed by atoms with E-state index in [-0.39, 0.29) is 11.8 Å². The molecule has 4 heterocycles. The molecule has 7 nitrogen and oxygen atoms in total. The molecular weight excluding hydrogens is 294 g/mol. The zero-order valence-corrected chi connectivity index (χ0v) is 13.1. The first-order chi connectivity index (χ1) is 11.1. The van der Waals surface area contributed by atoms with Crippen molar-refractivity contribution in [1.82, 2.24) is 24.5 Å². The molecule has 0 saturated carbocycles. The van der Waals surface area contributed by atoms with Gasteiger partial charge in [0.25, 0.3) is 5.91 Å². The highest BCUT2D eigenvalue weighted by Crippen LogP contribution is 2.24. The minimum Gasteiger partial charge on any atom is -0.445 e. The quantitative estimate of drug-likeness (QED) is 0.724. The van der Waals surface area contributed by atoms with Crippen LogP contribution in [0.1, 0.15) is 47.5 Å². The first kappa shape index (κ1) is 13.9. The molecule has 0 fully saturated rings. The van der Waals surface area contributed by atoms with Gasteiger partial charge in [-0.05, 0) is 12.1 Å². The highest BCUT2D eigenvalue weighted by molar-refractivity contribution is 5.94. The molecule has 23 heavy (non-hydrogen) atoms. The van der Waals surface area contributed by atoms with Gasteiger partial charge in [-0.15, -0.1) is 0 Å². The van der Waals surface area contributed by atoms with Crippen molar-refractivity contribution in [3.05, 3.63) is 47.6 Å². The molecule has 0 unspecified atom stereocenters. The van der Waals surface area contributed by atoms with Crippen LogP contribution in [0.4, 0.5) is 0 Å². The minimum atomic E-state index is -0.0258. The van der Waals surface area contributed by atoms with Crippen LogP contribution in [0.2, 0.25) is 0 Å². The maximum Gasteiger partial charge on any atom is 0.255 e. The smallest absolute Gasteiger partial charge is 0.255 e. The summed E-state index contributed by atoms with van der Waals surface area (Å²) in [6, 6.07) is 3.58. The highest BCUT2D eigenvalue weighted by atomic mass is 16.4. The molecule has 0 N–H and O–H groups in total. The Kier molecular flexibility index (Phi) is 3.14. The minimum absolute atomic E-state index is 0.0258. The van der Waals surface area contributed by atoms with Gasteiger partial charge in [-0.2, -0.15) is 5.10 Å². The first-order valence-electron chi connectivity index (χ1n) is 7.69. The molecule has 7 heteroatoms. The lowest BCUT2D eigenvalue weighted by Crippen LogP contribution is -2.35. The Morgan fingerprint density at radius 2 is 2.22 bits per heavy atom. The molecule has 0 atom stereocenters. The summed E-state index contributed by atoms with van der Waals surface area (Å²) in [6.45, 7) is 5.22. The molecule has 3 aromatic rings. The molecule has 1 aliphatic rings. The SMILES string of the molecule is CC(C)c1nc2c(o1)CCN(C(=O)c1ccc3ncnn3c1)C2. The van der Waals surface area contributed by atoms with Gasteiger partial charge in [0, 0.05) is 25.1 Å². The summed E-state index contributed by atoms with van der Waals surface area (Å²) >= 11 is 0. The number of amides is 1. The topological polar surface area (TPSA) is 76.5 Å². The molecule has 0 spiro atoms. The van der Waals surface area contributed by atoms with Gasteiger partial charge in [0.2, 0.25) is 0 Å². The second-order valence-corrected chi connectivity index (χ2v) is 6.03. The molecular formula is C16H17N5O2. The lowest BCUT2D eigenvalue weighted by atomic mass is 10.1. The normalized spacial score (nSPS) is 14.5. The van der Waals surface area contributed by atoms with Crippen LogP contribution in [0.5, 0.6) is 0 Å². The van der Waals surface area contributed by atoms with Crippen LogP contribution in [0, 0.1) is 0 Å². The van der Waals surface area contributed by atoms with Crippen LogP contribution >= 0.6 is 0 Å². The fourth-order valence-corrected chi connectivity index (χ4v) is 2.76. The van der Waals surface area contributed by atoms with Gasteiger partial charge in [-0.25, -0.2) is 14.5 Å². The largest absolute Gasteiger partial charge is 0.445 e. The zero-order chi connectivity index (χ0) is 16.0. The number of pyridine rings is 1. The molecule has 4 rings (SSSR count). The second-order valence-electron chi connectivity index (χ2n) is 6.03. The maximum atomic E-state index is 12.7. The van der Waals surface area contributed by atoms with Crippen LogP contribution in [0.3, 0.4) is 0 Å². The number of oxazole rings is 1. The Hall–Kier alpha value is -2.70. The predicted octanol–water partition coefficient (Wildman–Crippen LogP) is 2.04. The van der Waals surface area contributed by atoms with E-state index >= 15 is 0 Å². The summed E-state index contributed by atoms with van der Waals surface area (Å²) in [5.41, 5.74) is 2.19. The summed E-state index contributed by atoms with van der Waals surface area (Å²) in [5.74, 6) is 1.87. The van der Waals surface area contributed by atoms with Crippen molar-refractivity contribution < 1.29 is 9.21 Å². The van der Waals surface area contributed by atoms with Crippen LogP contribution in [0.15, 0.2) is 29.1 Å².